The fraction of sp³-hybridized carbons (Fsp3) is 0.667. The van der Waals surface area contributed by atoms with Crippen LogP contribution < -0.4 is 0 Å². The quantitative estimate of drug-likeness (QED) is 0.190. The first-order chi connectivity index (χ1) is 32.3. The van der Waals surface area contributed by atoms with Gasteiger partial charge >= 0.3 is 23.9 Å². The molecular formula is C51H78N6O12. The molecule has 18 nitrogen and oxygen atoms in total. The molecule has 0 aliphatic carbocycles. The van der Waals surface area contributed by atoms with Gasteiger partial charge in [-0.05, 0) is 86.8 Å². The molecule has 1 aromatic carbocycles. The third-order valence-corrected chi connectivity index (χ3v) is 12.2. The van der Waals surface area contributed by atoms with Crippen molar-refractivity contribution in [2.75, 3.05) is 28.2 Å². The van der Waals surface area contributed by atoms with Crippen LogP contribution in [0.25, 0.3) is 0 Å². The van der Waals surface area contributed by atoms with Gasteiger partial charge in [-0.25, -0.2) is 19.2 Å². The van der Waals surface area contributed by atoms with E-state index in [0.717, 1.165) is 25.2 Å². The lowest BCUT2D eigenvalue weighted by Crippen LogP contribution is -2.54. The Bertz CT molecular complexity index is 2040. The minimum Gasteiger partial charge on any atom is -0.451 e. The molecular weight excluding hydrogens is 889 g/mol. The van der Waals surface area contributed by atoms with Gasteiger partial charge in [0.25, 0.3) is 23.6 Å². The summed E-state index contributed by atoms with van der Waals surface area (Å²) >= 11 is 0. The van der Waals surface area contributed by atoms with E-state index < -0.39 is 96.1 Å². The molecule has 1 fully saturated rings. The minimum absolute atomic E-state index is 0.0227. The molecule has 2 aromatic rings. The van der Waals surface area contributed by atoms with Gasteiger partial charge in [-0.15, -0.1) is 0 Å². The van der Waals surface area contributed by atoms with Crippen molar-refractivity contribution in [2.24, 2.45) is 23.7 Å². The van der Waals surface area contributed by atoms with Gasteiger partial charge < -0.3 is 38.5 Å². The lowest BCUT2D eigenvalue weighted by atomic mass is 10.00. The fourth-order valence-electron chi connectivity index (χ4n) is 8.19. The number of carbonyl (C=O) groups is 8. The molecule has 4 amide bonds. The first-order valence-electron chi connectivity index (χ1n) is 24.2. The number of benzene rings is 1. The number of hydrogen-bond donors (Lipinski definition) is 0. The lowest BCUT2D eigenvalue weighted by molar-refractivity contribution is -0.176. The summed E-state index contributed by atoms with van der Waals surface area (Å²) < 4.78 is 25.3. The minimum atomic E-state index is -1.51. The van der Waals surface area contributed by atoms with Crippen molar-refractivity contribution >= 4 is 47.5 Å². The second-order valence-corrected chi connectivity index (χ2v) is 20.0. The van der Waals surface area contributed by atoms with E-state index in [4.69, 9.17) is 18.9 Å². The van der Waals surface area contributed by atoms with Crippen molar-refractivity contribution < 1.29 is 57.3 Å². The molecule has 0 N–H and O–H groups in total. The van der Waals surface area contributed by atoms with Gasteiger partial charge in [0.2, 0.25) is 0 Å². The van der Waals surface area contributed by atoms with E-state index in [1.807, 2.05) is 79.8 Å². The van der Waals surface area contributed by atoms with Crippen LogP contribution in [0.2, 0.25) is 0 Å². The fourth-order valence-corrected chi connectivity index (χ4v) is 8.19. The molecule has 69 heavy (non-hydrogen) atoms. The van der Waals surface area contributed by atoms with Gasteiger partial charge in [0.15, 0.2) is 24.4 Å². The molecule has 0 bridgehead atoms. The molecule has 8 atom stereocenters. The highest BCUT2D eigenvalue weighted by molar-refractivity contribution is 5.94. The highest BCUT2D eigenvalue weighted by Gasteiger charge is 2.42. The van der Waals surface area contributed by atoms with E-state index in [9.17, 15) is 38.4 Å². The van der Waals surface area contributed by atoms with Gasteiger partial charge in [0, 0.05) is 47.0 Å². The number of rotatable bonds is 13. The van der Waals surface area contributed by atoms with Gasteiger partial charge in [-0.2, -0.15) is 5.10 Å². The molecule has 1 saturated heterocycles. The highest BCUT2D eigenvalue weighted by Crippen LogP contribution is 2.24. The smallest absolute Gasteiger partial charge is 0.329 e. The van der Waals surface area contributed by atoms with E-state index in [1.165, 1.54) is 42.0 Å². The molecule has 18 heteroatoms. The topological polar surface area (TPSA) is 204 Å². The van der Waals surface area contributed by atoms with Crippen LogP contribution in [0.5, 0.6) is 0 Å². The summed E-state index contributed by atoms with van der Waals surface area (Å²) in [4.78, 5) is 119. The van der Waals surface area contributed by atoms with Gasteiger partial charge in [-0.1, -0.05) is 86.6 Å². The Hall–Kier alpha value is -5.81. The number of nitrogens with zero attached hydrogens (tertiary/aromatic N) is 6. The van der Waals surface area contributed by atoms with Crippen molar-refractivity contribution in [3.8, 4) is 0 Å². The summed E-state index contributed by atoms with van der Waals surface area (Å²) in [6.45, 7) is 19.6. The van der Waals surface area contributed by atoms with Crippen LogP contribution in [0.1, 0.15) is 119 Å². The van der Waals surface area contributed by atoms with Crippen molar-refractivity contribution in [1.82, 2.24) is 29.4 Å². The molecule has 0 spiro atoms. The number of cyclic esters (lactones) is 4. The Morgan fingerprint density at radius 2 is 0.826 bits per heavy atom. The standard InChI is InChI=1S/C51H78N6O12/c1-16-42-46(60)55(14)38(24-30(2)3)48(62)66-35(11)45(59)54(13)41(27-33(8)9)51(65)69-43(28-36-18-20-37(21-19-36)29-57-23-17-22-52-57)47(61)56(15)39(25-31(4)5)49(63)67-34(10)44(58)53(12)40(26-32(6)7)50(64)68-42/h17-23,30-35,38-43H,16,24-29H2,1-15H3/t34-,35-,38+,39+,40+,41+,42-,43-/m1/s1. The second kappa shape index (κ2) is 26.2. The van der Waals surface area contributed by atoms with Crippen LogP contribution in [0.3, 0.4) is 0 Å². The largest absolute Gasteiger partial charge is 0.451 e. The number of likely N-dealkylation sites (N-methyl/N-ethyl adjacent to an activating group) is 4. The Kier molecular flexibility index (Phi) is 21.9. The number of hydrogen-bond acceptors (Lipinski definition) is 13. The van der Waals surface area contributed by atoms with E-state index in [1.54, 1.807) is 29.9 Å². The Morgan fingerprint density at radius 1 is 0.493 bits per heavy atom. The summed E-state index contributed by atoms with van der Waals surface area (Å²) in [5, 5.41) is 4.26. The maximum atomic E-state index is 14.8. The first kappa shape index (κ1) is 57.5. The molecule has 1 aliphatic rings. The zero-order valence-corrected chi connectivity index (χ0v) is 43.5. The molecule has 0 unspecified atom stereocenters. The summed E-state index contributed by atoms with van der Waals surface area (Å²) in [6.07, 6.45) is -1.87. The zero-order chi connectivity index (χ0) is 52.0. The molecule has 0 saturated carbocycles. The Balaban J connectivity index is 2.20. The second-order valence-electron chi connectivity index (χ2n) is 20.0. The van der Waals surface area contributed by atoms with E-state index in [0.29, 0.717) is 12.1 Å². The van der Waals surface area contributed by atoms with E-state index in [2.05, 4.69) is 5.10 Å². The Labute approximate surface area is 408 Å². The zero-order valence-electron chi connectivity index (χ0n) is 43.5. The monoisotopic (exact) mass is 967 g/mol. The molecule has 1 aliphatic heterocycles. The van der Waals surface area contributed by atoms with Crippen LogP contribution in [0, 0.1) is 23.7 Å². The lowest BCUT2D eigenvalue weighted by Gasteiger charge is -2.35. The molecule has 0 radical (unpaired) electrons. The average molecular weight is 967 g/mol. The van der Waals surface area contributed by atoms with Crippen molar-refractivity contribution in [2.45, 2.75) is 170 Å². The number of carbonyl (C=O) groups excluding carboxylic acids is 8. The molecule has 3 rings (SSSR count). The summed E-state index contributed by atoms with van der Waals surface area (Å²) in [5.74, 6) is -7.07. The molecule has 384 valence electrons. The van der Waals surface area contributed by atoms with Crippen LogP contribution >= 0.6 is 0 Å². The number of aromatic nitrogens is 2. The first-order valence-corrected chi connectivity index (χ1v) is 24.2. The predicted molar refractivity (Wildman–Crippen MR) is 257 cm³/mol. The number of amides is 4. The van der Waals surface area contributed by atoms with Gasteiger partial charge in [0.05, 0.1) is 6.54 Å². The van der Waals surface area contributed by atoms with Gasteiger partial charge in [0.1, 0.15) is 24.2 Å². The Morgan fingerprint density at radius 3 is 1.17 bits per heavy atom. The highest BCUT2D eigenvalue weighted by atomic mass is 16.6. The normalized spacial score (nSPS) is 25.1. The van der Waals surface area contributed by atoms with Crippen LogP contribution in [-0.4, -0.2) is 154 Å². The van der Waals surface area contributed by atoms with Crippen molar-refractivity contribution in [3.05, 3.63) is 53.9 Å². The van der Waals surface area contributed by atoms with Crippen molar-refractivity contribution in [3.63, 3.8) is 0 Å². The van der Waals surface area contributed by atoms with E-state index >= 15 is 0 Å². The van der Waals surface area contributed by atoms with Crippen LogP contribution in [0.15, 0.2) is 42.7 Å². The summed E-state index contributed by atoms with van der Waals surface area (Å²) in [7, 11) is 5.55. The molecule has 1 aromatic heterocycles. The summed E-state index contributed by atoms with van der Waals surface area (Å²) in [6, 6.07) is 4.23. The average Bonchev–Trinajstić information content (AvgIpc) is 3.80. The third kappa shape index (κ3) is 16.4. The predicted octanol–water partition coefficient (Wildman–Crippen LogP) is 5.08. The maximum absolute atomic E-state index is 14.8. The number of ether oxygens (including phenoxy) is 4. The number of esters is 4. The summed E-state index contributed by atoms with van der Waals surface area (Å²) in [5.41, 5.74) is 1.55. The maximum Gasteiger partial charge on any atom is 0.329 e. The van der Waals surface area contributed by atoms with Crippen molar-refractivity contribution in [1.29, 1.82) is 0 Å². The van der Waals surface area contributed by atoms with Crippen LogP contribution in [0.4, 0.5) is 0 Å². The SMILES string of the molecule is CC[C@H]1OC(=O)[C@H](CC(C)C)N(C)C(=O)[C@@H](C)OC(=O)[C@H](CC(C)C)N(C)C(=O)[C@@H](Cc2ccc(Cn3cccn3)cc2)OC(=O)[C@H](CC(C)C)N(C)C(=O)[C@@H](C)OC(=O)[C@H](CC(C)C)N(C)C1=O. The van der Waals surface area contributed by atoms with Gasteiger partial charge in [-0.3, -0.25) is 23.9 Å². The van der Waals surface area contributed by atoms with E-state index in [-0.39, 0.29) is 62.2 Å². The third-order valence-electron chi connectivity index (χ3n) is 12.2. The molecule has 2 heterocycles. The van der Waals surface area contributed by atoms with Crippen LogP contribution in [-0.2, 0) is 70.3 Å².